The van der Waals surface area contributed by atoms with E-state index in [0.717, 1.165) is 5.57 Å². The molecule has 1 unspecified atom stereocenters. The highest BCUT2D eigenvalue weighted by Crippen LogP contribution is 2.49. The van der Waals surface area contributed by atoms with Gasteiger partial charge >= 0.3 is 13.6 Å². The normalized spacial score (nSPS) is 14.7. The summed E-state index contributed by atoms with van der Waals surface area (Å²) in [6.07, 6.45) is 2.28. The molecular formula is C18H27O6P. The molecule has 0 aliphatic rings. The molecule has 0 saturated carbocycles. The van der Waals surface area contributed by atoms with Crippen LogP contribution in [0.15, 0.2) is 42.0 Å². The lowest BCUT2D eigenvalue weighted by atomic mass is 9.98. The summed E-state index contributed by atoms with van der Waals surface area (Å²) in [5.74, 6) is -0.0365. The van der Waals surface area contributed by atoms with Crippen LogP contribution in [-0.4, -0.2) is 30.6 Å². The fourth-order valence-electron chi connectivity index (χ4n) is 1.69. The second-order valence-electron chi connectivity index (χ2n) is 6.66. The first-order chi connectivity index (χ1) is 11.7. The molecule has 6 nitrogen and oxygen atoms in total. The molecule has 1 N–H and O–H groups in total. The first-order valence-corrected chi connectivity index (χ1v) is 9.81. The minimum atomic E-state index is -3.52. The van der Waals surface area contributed by atoms with Gasteiger partial charge in [-0.2, -0.15) is 0 Å². The Hall–Kier alpha value is -1.62. The van der Waals surface area contributed by atoms with Gasteiger partial charge in [0, 0.05) is 0 Å². The third-order valence-corrected chi connectivity index (χ3v) is 4.98. The number of aliphatic hydroxyl groups excluding tert-OH is 1. The highest BCUT2D eigenvalue weighted by Gasteiger charge is 2.28. The summed E-state index contributed by atoms with van der Waals surface area (Å²) in [4.78, 5) is 11.8. The van der Waals surface area contributed by atoms with Crippen LogP contribution in [0.3, 0.4) is 0 Å². The molecule has 0 heterocycles. The minimum Gasteiger partial charge on any atom is -0.438 e. The van der Waals surface area contributed by atoms with E-state index in [1.807, 2.05) is 6.07 Å². The lowest BCUT2D eigenvalue weighted by molar-refractivity contribution is -0.159. The summed E-state index contributed by atoms with van der Waals surface area (Å²) < 4.78 is 28.8. The van der Waals surface area contributed by atoms with Gasteiger partial charge in [-0.15, -0.1) is 0 Å². The van der Waals surface area contributed by atoms with E-state index in [1.54, 1.807) is 58.0 Å². The summed E-state index contributed by atoms with van der Waals surface area (Å²) in [5.41, 5.74) is 0.0969. The molecule has 0 saturated heterocycles. The summed E-state index contributed by atoms with van der Waals surface area (Å²) in [7, 11) is -3.52. The second kappa shape index (κ2) is 9.76. The fraction of sp³-hybridized carbons (Fsp3) is 0.500. The molecule has 7 heteroatoms. The van der Waals surface area contributed by atoms with Gasteiger partial charge in [0.25, 0.3) is 0 Å². The van der Waals surface area contributed by atoms with Crippen LogP contribution >= 0.6 is 7.60 Å². The molecule has 1 aromatic carbocycles. The van der Waals surface area contributed by atoms with E-state index in [9.17, 15) is 9.36 Å². The summed E-state index contributed by atoms with van der Waals surface area (Å²) in [6.45, 7) is 6.43. The van der Waals surface area contributed by atoms with Crippen LogP contribution in [-0.2, 0) is 18.6 Å². The van der Waals surface area contributed by atoms with Crippen LogP contribution in [0, 0.1) is 5.41 Å². The Bertz CT molecular complexity index is 618. The SMILES string of the molecule is C/C(=C\CCP(=O)(OCOC(=O)C(C)(C)C)Oc1ccccc1)CO. The quantitative estimate of drug-likeness (QED) is 0.304. The van der Waals surface area contributed by atoms with Gasteiger partial charge < -0.3 is 14.4 Å². The summed E-state index contributed by atoms with van der Waals surface area (Å²) >= 11 is 0. The van der Waals surface area contributed by atoms with Gasteiger partial charge in [-0.1, -0.05) is 29.8 Å². The molecule has 140 valence electrons. The summed E-state index contributed by atoms with van der Waals surface area (Å²) in [5, 5.41) is 9.02. The van der Waals surface area contributed by atoms with Crippen molar-refractivity contribution in [3.05, 3.63) is 42.0 Å². The molecule has 1 atom stereocenters. The number of benzene rings is 1. The number of hydrogen-bond acceptors (Lipinski definition) is 6. The number of ether oxygens (including phenoxy) is 1. The van der Waals surface area contributed by atoms with Gasteiger partial charge in [0.1, 0.15) is 5.75 Å². The number of para-hydroxylation sites is 1. The lowest BCUT2D eigenvalue weighted by Crippen LogP contribution is -2.24. The number of rotatable bonds is 9. The number of carbonyl (C=O) groups excluding carboxylic acids is 1. The number of aliphatic hydroxyl groups is 1. The van der Waals surface area contributed by atoms with Crippen molar-refractivity contribution in [1.29, 1.82) is 0 Å². The van der Waals surface area contributed by atoms with Crippen molar-refractivity contribution >= 4 is 13.6 Å². The second-order valence-corrected chi connectivity index (χ2v) is 8.77. The Morgan fingerprint density at radius 2 is 1.88 bits per heavy atom. The van der Waals surface area contributed by atoms with E-state index in [1.165, 1.54) is 0 Å². The van der Waals surface area contributed by atoms with E-state index in [2.05, 4.69) is 0 Å². The molecule has 0 fully saturated rings. The van der Waals surface area contributed by atoms with Crippen LogP contribution < -0.4 is 4.52 Å². The Balaban J connectivity index is 2.73. The summed E-state index contributed by atoms with van der Waals surface area (Å²) in [6, 6.07) is 8.68. The van der Waals surface area contributed by atoms with Gasteiger partial charge in [-0.25, -0.2) is 4.57 Å². The number of allylic oxidation sites excluding steroid dienone is 1. The average Bonchev–Trinajstić information content (AvgIpc) is 2.54. The van der Waals surface area contributed by atoms with Crippen molar-refractivity contribution in [3.8, 4) is 5.75 Å². The first-order valence-electron chi connectivity index (χ1n) is 8.08. The zero-order chi connectivity index (χ0) is 18.9. The van der Waals surface area contributed by atoms with E-state index < -0.39 is 25.8 Å². The van der Waals surface area contributed by atoms with Crippen molar-refractivity contribution in [1.82, 2.24) is 0 Å². The molecule has 0 aliphatic carbocycles. The van der Waals surface area contributed by atoms with Crippen LogP contribution in [0.25, 0.3) is 0 Å². The van der Waals surface area contributed by atoms with E-state index >= 15 is 0 Å². The molecule has 1 aromatic rings. The topological polar surface area (TPSA) is 82.1 Å². The van der Waals surface area contributed by atoms with Crippen molar-refractivity contribution in [2.75, 3.05) is 19.6 Å². The van der Waals surface area contributed by atoms with Crippen molar-refractivity contribution in [2.45, 2.75) is 34.1 Å². The molecule has 25 heavy (non-hydrogen) atoms. The maximum absolute atomic E-state index is 13.0. The number of carbonyl (C=O) groups is 1. The molecular weight excluding hydrogens is 343 g/mol. The zero-order valence-electron chi connectivity index (χ0n) is 15.2. The van der Waals surface area contributed by atoms with Gasteiger partial charge in [0.15, 0.2) is 0 Å². The smallest absolute Gasteiger partial charge is 0.382 e. The molecule has 0 radical (unpaired) electrons. The highest BCUT2D eigenvalue weighted by molar-refractivity contribution is 7.54. The first kappa shape index (κ1) is 21.4. The molecule has 0 amide bonds. The Kier molecular flexibility index (Phi) is 8.36. The third-order valence-electron chi connectivity index (χ3n) is 3.18. The van der Waals surface area contributed by atoms with Crippen LogP contribution in [0.1, 0.15) is 34.1 Å². The van der Waals surface area contributed by atoms with Crippen LogP contribution in [0.5, 0.6) is 5.75 Å². The van der Waals surface area contributed by atoms with Crippen molar-refractivity contribution < 1.29 is 28.3 Å². The van der Waals surface area contributed by atoms with Gasteiger partial charge in [-0.05, 0) is 46.2 Å². The average molecular weight is 370 g/mol. The van der Waals surface area contributed by atoms with E-state index in [4.69, 9.17) is 18.9 Å². The van der Waals surface area contributed by atoms with Gasteiger partial charge in [0.2, 0.25) is 6.79 Å². The van der Waals surface area contributed by atoms with E-state index in [0.29, 0.717) is 12.2 Å². The largest absolute Gasteiger partial charge is 0.438 e. The van der Waals surface area contributed by atoms with Crippen molar-refractivity contribution in [3.63, 3.8) is 0 Å². The third kappa shape index (κ3) is 8.34. The maximum Gasteiger partial charge on any atom is 0.382 e. The van der Waals surface area contributed by atoms with Gasteiger partial charge in [-0.3, -0.25) is 9.32 Å². The van der Waals surface area contributed by atoms with Crippen LogP contribution in [0.4, 0.5) is 0 Å². The van der Waals surface area contributed by atoms with E-state index in [-0.39, 0.29) is 12.8 Å². The Labute approximate surface area is 149 Å². The zero-order valence-corrected chi connectivity index (χ0v) is 16.1. The number of esters is 1. The lowest BCUT2D eigenvalue weighted by Gasteiger charge is -2.21. The molecule has 0 aromatic heterocycles. The molecule has 1 rings (SSSR count). The van der Waals surface area contributed by atoms with Crippen molar-refractivity contribution in [2.24, 2.45) is 5.41 Å². The molecule has 0 aliphatic heterocycles. The predicted molar refractivity (Wildman–Crippen MR) is 96.5 cm³/mol. The van der Waals surface area contributed by atoms with Gasteiger partial charge in [0.05, 0.1) is 18.2 Å². The molecule has 0 spiro atoms. The Morgan fingerprint density at radius 3 is 2.44 bits per heavy atom. The molecule has 0 bridgehead atoms. The number of hydrogen-bond donors (Lipinski definition) is 1. The highest BCUT2D eigenvalue weighted by atomic mass is 31.2. The fourth-order valence-corrected chi connectivity index (χ4v) is 3.06. The maximum atomic E-state index is 13.0. The monoisotopic (exact) mass is 370 g/mol. The van der Waals surface area contributed by atoms with Crippen LogP contribution in [0.2, 0.25) is 0 Å². The Morgan fingerprint density at radius 1 is 1.24 bits per heavy atom. The predicted octanol–water partition coefficient (Wildman–Crippen LogP) is 4.15. The standard InChI is InChI=1S/C18H27O6P/c1-15(13-19)9-8-12-25(21,24-16-10-6-5-7-11-16)23-14-22-17(20)18(2,3)4/h5-7,9-11,19H,8,12-14H2,1-4H3/b15-9+. The minimum absolute atomic E-state index is 0.0616.